The molecule has 0 saturated heterocycles. The molecule has 57 valence electrons. The Morgan fingerprint density at radius 2 is 2.45 bits per heavy atom. The molecule has 0 saturated carbocycles. The molecule has 0 amide bonds. The van der Waals surface area contributed by atoms with Crippen molar-refractivity contribution in [2.24, 2.45) is 10.9 Å². The van der Waals surface area contributed by atoms with Crippen LogP contribution >= 0.6 is 0 Å². The molecule has 0 atom stereocenters. The van der Waals surface area contributed by atoms with Gasteiger partial charge in [-0.3, -0.25) is 0 Å². The lowest BCUT2D eigenvalue weighted by atomic mass is 10.1. The number of hydrogen-bond donors (Lipinski definition) is 2. The highest BCUT2D eigenvalue weighted by Crippen LogP contribution is 1.99. The Kier molecular flexibility index (Phi) is 2.63. The van der Waals surface area contributed by atoms with Gasteiger partial charge in [0.1, 0.15) is 0 Å². The van der Waals surface area contributed by atoms with Crippen molar-refractivity contribution in [1.29, 1.82) is 0 Å². The third kappa shape index (κ3) is 2.05. The number of hydrogen-bond acceptors (Lipinski definition) is 3. The highest BCUT2D eigenvalue weighted by atomic mass is 16.4. The minimum atomic E-state index is 0.507. The lowest BCUT2D eigenvalue weighted by Crippen LogP contribution is -1.95. The van der Waals surface area contributed by atoms with E-state index in [0.717, 1.165) is 11.1 Å². The van der Waals surface area contributed by atoms with Crippen molar-refractivity contribution >= 4 is 6.21 Å². The molecule has 3 heteroatoms. The maximum atomic E-state index is 8.17. The molecule has 0 aromatic heterocycles. The van der Waals surface area contributed by atoms with Crippen LogP contribution in [0.5, 0.6) is 0 Å². The summed E-state index contributed by atoms with van der Waals surface area (Å²) in [6.45, 7) is 0.507. The summed E-state index contributed by atoms with van der Waals surface area (Å²) in [4.78, 5) is 0. The van der Waals surface area contributed by atoms with E-state index in [4.69, 9.17) is 10.9 Å². The maximum absolute atomic E-state index is 8.17. The molecule has 0 unspecified atom stereocenters. The predicted molar refractivity (Wildman–Crippen MR) is 42.5 cm³/mol. The van der Waals surface area contributed by atoms with Crippen molar-refractivity contribution < 1.29 is 5.21 Å². The van der Waals surface area contributed by atoms with Crippen LogP contribution in [0.2, 0.25) is 0 Å². The summed E-state index contributed by atoms with van der Waals surface area (Å²) in [6.07, 6.45) is 1.32. The Balaban J connectivity index is 2.82. The molecule has 0 heterocycles. The monoisotopic (exact) mass is 149 g/mol. The fourth-order valence-electron chi connectivity index (χ4n) is 0.739. The van der Waals surface area contributed by atoms with Crippen molar-refractivity contribution in [2.75, 3.05) is 0 Å². The summed E-state index contributed by atoms with van der Waals surface area (Å²) in [5, 5.41) is 11.0. The van der Waals surface area contributed by atoms with Crippen LogP contribution in [0.25, 0.3) is 0 Å². The van der Waals surface area contributed by atoms with Gasteiger partial charge in [-0.05, 0) is 17.7 Å². The van der Waals surface area contributed by atoms with E-state index in [0.29, 0.717) is 6.54 Å². The van der Waals surface area contributed by atoms with Gasteiger partial charge in [-0.1, -0.05) is 17.3 Å². The third-order valence-corrected chi connectivity index (χ3v) is 1.33. The largest absolute Gasteiger partial charge is 0.411 e. The minimum Gasteiger partial charge on any atom is -0.411 e. The van der Waals surface area contributed by atoms with Gasteiger partial charge >= 0.3 is 0 Å². The van der Waals surface area contributed by atoms with Crippen LogP contribution < -0.4 is 5.73 Å². The standard InChI is InChI=1S/C8H9N2O/c9-5-7-1-3-8(4-2-7)6-10-11/h1-3,6,11H,5,9H2. The van der Waals surface area contributed by atoms with Gasteiger partial charge in [0.25, 0.3) is 0 Å². The number of nitrogens with two attached hydrogens (primary N) is 1. The summed E-state index contributed by atoms with van der Waals surface area (Å²) in [6, 6.07) is 8.34. The van der Waals surface area contributed by atoms with Gasteiger partial charge in [-0.15, -0.1) is 0 Å². The van der Waals surface area contributed by atoms with Crippen LogP contribution in [0.15, 0.2) is 23.4 Å². The Labute approximate surface area is 65.1 Å². The highest BCUT2D eigenvalue weighted by molar-refractivity contribution is 5.78. The van der Waals surface area contributed by atoms with Gasteiger partial charge in [0.2, 0.25) is 0 Å². The lowest BCUT2D eigenvalue weighted by Gasteiger charge is -1.94. The van der Waals surface area contributed by atoms with Crippen LogP contribution in [0.4, 0.5) is 0 Å². The van der Waals surface area contributed by atoms with Crippen LogP contribution in [0.3, 0.4) is 0 Å². The molecule has 1 aromatic rings. The van der Waals surface area contributed by atoms with E-state index in [-0.39, 0.29) is 0 Å². The van der Waals surface area contributed by atoms with Gasteiger partial charge in [-0.2, -0.15) is 0 Å². The molecule has 1 radical (unpaired) electrons. The molecule has 0 aliphatic carbocycles. The van der Waals surface area contributed by atoms with Crippen molar-refractivity contribution in [3.63, 3.8) is 0 Å². The molecule has 0 fully saturated rings. The first-order valence-electron chi connectivity index (χ1n) is 3.25. The number of benzene rings is 1. The Morgan fingerprint density at radius 3 is 2.91 bits per heavy atom. The molecule has 0 spiro atoms. The number of oxime groups is 1. The zero-order valence-electron chi connectivity index (χ0n) is 5.99. The lowest BCUT2D eigenvalue weighted by molar-refractivity contribution is 0.322. The van der Waals surface area contributed by atoms with E-state index in [9.17, 15) is 0 Å². The van der Waals surface area contributed by atoms with Gasteiger partial charge in [0, 0.05) is 12.1 Å². The van der Waals surface area contributed by atoms with Crippen LogP contribution in [0, 0.1) is 6.07 Å². The summed E-state index contributed by atoms with van der Waals surface area (Å²) in [5.41, 5.74) is 7.13. The molecule has 3 N–H and O–H groups in total. The van der Waals surface area contributed by atoms with Gasteiger partial charge in [0.15, 0.2) is 0 Å². The summed E-state index contributed by atoms with van der Waals surface area (Å²) in [7, 11) is 0. The first-order valence-corrected chi connectivity index (χ1v) is 3.25. The average Bonchev–Trinajstić information content (AvgIpc) is 2.07. The fourth-order valence-corrected chi connectivity index (χ4v) is 0.739. The second kappa shape index (κ2) is 3.73. The number of rotatable bonds is 2. The van der Waals surface area contributed by atoms with Gasteiger partial charge < -0.3 is 10.9 Å². The predicted octanol–water partition coefficient (Wildman–Crippen LogP) is 0.754. The van der Waals surface area contributed by atoms with E-state index >= 15 is 0 Å². The molecule has 11 heavy (non-hydrogen) atoms. The summed E-state index contributed by atoms with van der Waals surface area (Å²) in [5.74, 6) is 0. The number of nitrogens with zero attached hydrogens (tertiary/aromatic N) is 1. The quantitative estimate of drug-likeness (QED) is 0.370. The first-order chi connectivity index (χ1) is 5.36. The topological polar surface area (TPSA) is 58.6 Å². The van der Waals surface area contributed by atoms with Crippen molar-refractivity contribution in [2.45, 2.75) is 6.54 Å². The molecular formula is C8H9N2O. The molecule has 0 aliphatic heterocycles. The molecular weight excluding hydrogens is 140 g/mol. The van der Waals surface area contributed by atoms with E-state index in [2.05, 4.69) is 11.2 Å². The smallest absolute Gasteiger partial charge is 0.0740 e. The zero-order valence-corrected chi connectivity index (χ0v) is 5.99. The molecule has 1 rings (SSSR count). The Hall–Kier alpha value is -1.35. The summed E-state index contributed by atoms with van der Waals surface area (Å²) < 4.78 is 0. The molecule has 3 nitrogen and oxygen atoms in total. The van der Waals surface area contributed by atoms with E-state index < -0.39 is 0 Å². The van der Waals surface area contributed by atoms with Crippen molar-refractivity contribution in [3.05, 3.63) is 35.4 Å². The molecule has 0 aliphatic rings. The van der Waals surface area contributed by atoms with E-state index in [1.807, 2.05) is 6.07 Å². The molecule has 1 aromatic carbocycles. The van der Waals surface area contributed by atoms with Crippen LogP contribution in [0.1, 0.15) is 11.1 Å². The van der Waals surface area contributed by atoms with E-state index in [1.54, 1.807) is 12.1 Å². The maximum Gasteiger partial charge on any atom is 0.0740 e. The van der Waals surface area contributed by atoms with Crippen LogP contribution in [-0.2, 0) is 6.54 Å². The van der Waals surface area contributed by atoms with Crippen molar-refractivity contribution in [3.8, 4) is 0 Å². The Bertz CT molecular complexity index is 241. The Morgan fingerprint density at radius 1 is 1.64 bits per heavy atom. The van der Waals surface area contributed by atoms with Gasteiger partial charge in [0.05, 0.1) is 6.21 Å². The molecule has 0 bridgehead atoms. The van der Waals surface area contributed by atoms with Crippen LogP contribution in [-0.4, -0.2) is 11.4 Å². The minimum absolute atomic E-state index is 0.507. The van der Waals surface area contributed by atoms with Gasteiger partial charge in [-0.25, -0.2) is 0 Å². The average molecular weight is 149 g/mol. The fraction of sp³-hybridized carbons (Fsp3) is 0.125. The second-order valence-corrected chi connectivity index (χ2v) is 2.10. The normalized spacial score (nSPS) is 10.6. The zero-order chi connectivity index (χ0) is 8.10. The highest BCUT2D eigenvalue weighted by Gasteiger charge is 1.89. The summed E-state index contributed by atoms with van der Waals surface area (Å²) >= 11 is 0. The van der Waals surface area contributed by atoms with Crippen molar-refractivity contribution in [1.82, 2.24) is 0 Å². The van der Waals surface area contributed by atoms with E-state index in [1.165, 1.54) is 6.21 Å². The second-order valence-electron chi connectivity index (χ2n) is 2.10. The first kappa shape index (κ1) is 7.75. The SMILES string of the molecule is NCc1c[c]c(C=NO)cc1. The third-order valence-electron chi connectivity index (χ3n) is 1.33.